The Morgan fingerprint density at radius 3 is 2.82 bits per heavy atom. The summed E-state index contributed by atoms with van der Waals surface area (Å²) in [5.74, 6) is 0.805. The number of aryl methyl sites for hydroxylation is 1. The largest absolute Gasteiger partial charge is 0.361 e. The molecule has 3 aromatic rings. The number of hydrogen-bond acceptors (Lipinski definition) is 5. The number of carbonyl (C=O) groups is 1. The number of nitrogens with one attached hydrogen (secondary N) is 1. The van der Waals surface area contributed by atoms with Crippen LogP contribution in [0.25, 0.3) is 10.9 Å². The minimum absolute atomic E-state index is 0.0702. The average Bonchev–Trinajstić information content (AvgIpc) is 3.08. The lowest BCUT2D eigenvalue weighted by Gasteiger charge is -2.15. The smallest absolute Gasteiger partial charge is 0.262 e. The molecule has 0 spiro atoms. The lowest BCUT2D eigenvalue weighted by molar-refractivity contribution is -0.130. The normalized spacial score (nSPS) is 11.1. The van der Waals surface area contributed by atoms with Gasteiger partial charge in [0.15, 0.2) is 4.77 Å². The number of H-pyrrole nitrogens is 1. The van der Waals surface area contributed by atoms with E-state index in [1.54, 1.807) is 22.6 Å². The van der Waals surface area contributed by atoms with Crippen LogP contribution in [0.2, 0.25) is 0 Å². The van der Waals surface area contributed by atoms with Gasteiger partial charge in [0, 0.05) is 26.1 Å². The molecule has 3 rings (SSSR count). The molecule has 8 heteroatoms. The third kappa shape index (κ3) is 4.75. The highest BCUT2D eigenvalue weighted by molar-refractivity contribution is 7.71. The van der Waals surface area contributed by atoms with Crippen LogP contribution in [-0.2, 0) is 17.9 Å². The molecule has 0 aliphatic carbocycles. The summed E-state index contributed by atoms with van der Waals surface area (Å²) in [7, 11) is 1.76. The number of rotatable bonds is 8. The number of unbranched alkanes of at least 4 members (excludes halogenated alkanes) is 2. The lowest BCUT2D eigenvalue weighted by atomic mass is 10.1. The van der Waals surface area contributed by atoms with Gasteiger partial charge in [-0.25, -0.2) is 0 Å². The van der Waals surface area contributed by atoms with Gasteiger partial charge in [0.1, 0.15) is 11.5 Å². The zero-order valence-corrected chi connectivity index (χ0v) is 16.9. The van der Waals surface area contributed by atoms with Crippen LogP contribution in [0.4, 0.5) is 0 Å². The number of para-hydroxylation sites is 1. The Bertz CT molecular complexity index is 1080. The fourth-order valence-electron chi connectivity index (χ4n) is 3.14. The molecule has 0 bridgehead atoms. The van der Waals surface area contributed by atoms with Gasteiger partial charge in [-0.05, 0) is 44.1 Å². The molecule has 28 heavy (non-hydrogen) atoms. The molecule has 1 amide bonds. The zero-order valence-electron chi connectivity index (χ0n) is 16.1. The fraction of sp³-hybridized carbons (Fsp3) is 0.400. The van der Waals surface area contributed by atoms with Gasteiger partial charge in [0.05, 0.1) is 17.4 Å². The van der Waals surface area contributed by atoms with Crippen molar-refractivity contribution >= 4 is 29.0 Å². The van der Waals surface area contributed by atoms with Gasteiger partial charge in [-0.2, -0.15) is 0 Å². The summed E-state index contributed by atoms with van der Waals surface area (Å²) in [6.07, 6.45) is 2.86. The standard InChI is InChI=1S/C20H24N4O3S/c1-14-12-15(22-27-14)13-23(2)18(25)10-4-3-7-11-24-19(26)16-8-5-6-9-17(16)21-20(24)28/h5-6,8-9,12H,3-4,7,10-11,13H2,1-2H3,(H,21,28). The monoisotopic (exact) mass is 400 g/mol. The van der Waals surface area contributed by atoms with Crippen molar-refractivity contribution in [2.75, 3.05) is 7.05 Å². The van der Waals surface area contributed by atoms with Crippen molar-refractivity contribution < 1.29 is 9.32 Å². The van der Waals surface area contributed by atoms with Crippen molar-refractivity contribution in [2.24, 2.45) is 0 Å². The Hall–Kier alpha value is -2.74. The first kappa shape index (κ1) is 20.0. The molecular formula is C20H24N4O3S. The maximum absolute atomic E-state index is 12.6. The maximum Gasteiger partial charge on any atom is 0.262 e. The molecule has 0 unspecified atom stereocenters. The number of nitrogens with zero attached hydrogens (tertiary/aromatic N) is 3. The number of fused-ring (bicyclic) bond motifs is 1. The first-order chi connectivity index (χ1) is 13.5. The third-order valence-corrected chi connectivity index (χ3v) is 4.99. The second-order valence-electron chi connectivity index (χ2n) is 6.92. The minimum atomic E-state index is -0.0712. The van der Waals surface area contributed by atoms with E-state index in [0.29, 0.717) is 29.7 Å². The molecule has 2 aromatic heterocycles. The summed E-state index contributed by atoms with van der Waals surface area (Å²) >= 11 is 5.32. The van der Waals surface area contributed by atoms with E-state index < -0.39 is 0 Å². The highest BCUT2D eigenvalue weighted by Crippen LogP contribution is 2.10. The Balaban J connectivity index is 1.47. The Morgan fingerprint density at radius 1 is 1.29 bits per heavy atom. The van der Waals surface area contributed by atoms with Gasteiger partial charge in [0.25, 0.3) is 5.56 Å². The van der Waals surface area contributed by atoms with Crippen LogP contribution < -0.4 is 5.56 Å². The number of amides is 1. The summed E-state index contributed by atoms with van der Waals surface area (Å²) in [6.45, 7) is 2.81. The predicted octanol–water partition coefficient (Wildman–Crippen LogP) is 3.57. The van der Waals surface area contributed by atoms with Gasteiger partial charge >= 0.3 is 0 Å². The fourth-order valence-corrected chi connectivity index (χ4v) is 3.42. The van der Waals surface area contributed by atoms with Crippen LogP contribution in [0.5, 0.6) is 0 Å². The van der Waals surface area contributed by atoms with Gasteiger partial charge in [-0.15, -0.1) is 0 Å². The van der Waals surface area contributed by atoms with E-state index in [9.17, 15) is 9.59 Å². The number of hydrogen-bond donors (Lipinski definition) is 1. The highest BCUT2D eigenvalue weighted by atomic mass is 32.1. The number of aromatic nitrogens is 3. The zero-order chi connectivity index (χ0) is 20.1. The van der Waals surface area contributed by atoms with E-state index in [-0.39, 0.29) is 11.5 Å². The molecule has 148 valence electrons. The van der Waals surface area contributed by atoms with E-state index in [2.05, 4.69) is 10.1 Å². The van der Waals surface area contributed by atoms with Crippen molar-refractivity contribution in [3.8, 4) is 0 Å². The summed E-state index contributed by atoms with van der Waals surface area (Å²) in [5, 5.41) is 4.54. The first-order valence-electron chi connectivity index (χ1n) is 9.33. The molecule has 0 aliphatic heterocycles. The van der Waals surface area contributed by atoms with Crippen LogP contribution in [0.15, 0.2) is 39.6 Å². The van der Waals surface area contributed by atoms with Crippen molar-refractivity contribution in [2.45, 2.75) is 45.7 Å². The van der Waals surface area contributed by atoms with Crippen molar-refractivity contribution in [3.05, 3.63) is 56.9 Å². The summed E-state index contributed by atoms with van der Waals surface area (Å²) in [4.78, 5) is 29.6. The van der Waals surface area contributed by atoms with Crippen LogP contribution in [0.3, 0.4) is 0 Å². The summed E-state index contributed by atoms with van der Waals surface area (Å²) < 4.78 is 7.05. The van der Waals surface area contributed by atoms with E-state index in [0.717, 1.165) is 36.2 Å². The van der Waals surface area contributed by atoms with Crippen LogP contribution in [0, 0.1) is 11.7 Å². The third-order valence-electron chi connectivity index (χ3n) is 4.66. The highest BCUT2D eigenvalue weighted by Gasteiger charge is 2.11. The van der Waals surface area contributed by atoms with Gasteiger partial charge in [-0.1, -0.05) is 23.7 Å². The molecule has 0 atom stereocenters. The predicted molar refractivity (Wildman–Crippen MR) is 110 cm³/mol. The topological polar surface area (TPSA) is 84.1 Å². The van der Waals surface area contributed by atoms with E-state index in [1.165, 1.54) is 0 Å². The number of benzene rings is 1. The second kappa shape index (κ2) is 8.97. The molecule has 0 saturated heterocycles. The van der Waals surface area contributed by atoms with Crippen LogP contribution >= 0.6 is 12.2 Å². The minimum Gasteiger partial charge on any atom is -0.361 e. The van der Waals surface area contributed by atoms with Crippen molar-refractivity contribution in [1.82, 2.24) is 19.6 Å². The molecular weight excluding hydrogens is 376 g/mol. The molecule has 1 aromatic carbocycles. The average molecular weight is 401 g/mol. The number of carbonyl (C=O) groups excluding carboxylic acids is 1. The SMILES string of the molecule is Cc1cc(CN(C)C(=O)CCCCCn2c(=S)[nH]c3ccccc3c2=O)no1. The molecule has 0 saturated carbocycles. The Kier molecular flexibility index (Phi) is 6.41. The van der Waals surface area contributed by atoms with Gasteiger partial charge in [-0.3, -0.25) is 14.2 Å². The summed E-state index contributed by atoms with van der Waals surface area (Å²) in [6, 6.07) is 9.18. The van der Waals surface area contributed by atoms with E-state index in [4.69, 9.17) is 16.7 Å². The first-order valence-corrected chi connectivity index (χ1v) is 9.74. The molecule has 0 aliphatic rings. The van der Waals surface area contributed by atoms with E-state index in [1.807, 2.05) is 31.2 Å². The Morgan fingerprint density at radius 2 is 2.07 bits per heavy atom. The quantitative estimate of drug-likeness (QED) is 0.462. The summed E-state index contributed by atoms with van der Waals surface area (Å²) in [5.41, 5.74) is 1.43. The molecule has 0 fully saturated rings. The molecule has 1 N–H and O–H groups in total. The maximum atomic E-state index is 12.6. The van der Waals surface area contributed by atoms with Gasteiger partial charge in [0.2, 0.25) is 5.91 Å². The second-order valence-corrected chi connectivity index (χ2v) is 7.31. The van der Waals surface area contributed by atoms with Crippen LogP contribution in [0.1, 0.15) is 37.1 Å². The van der Waals surface area contributed by atoms with Crippen molar-refractivity contribution in [3.63, 3.8) is 0 Å². The molecule has 7 nitrogen and oxygen atoms in total. The lowest BCUT2D eigenvalue weighted by Crippen LogP contribution is -2.26. The molecule has 0 radical (unpaired) electrons. The van der Waals surface area contributed by atoms with Crippen LogP contribution in [-0.4, -0.2) is 32.6 Å². The van der Waals surface area contributed by atoms with E-state index >= 15 is 0 Å². The number of aromatic amines is 1. The van der Waals surface area contributed by atoms with Crippen molar-refractivity contribution in [1.29, 1.82) is 0 Å². The van der Waals surface area contributed by atoms with Gasteiger partial charge < -0.3 is 14.4 Å². The Labute approximate surface area is 168 Å². The molecule has 2 heterocycles.